The highest BCUT2D eigenvalue weighted by Crippen LogP contribution is 2.26. The van der Waals surface area contributed by atoms with Crippen LogP contribution in [0.4, 0.5) is 5.69 Å². The van der Waals surface area contributed by atoms with Gasteiger partial charge in [0.1, 0.15) is 11.5 Å². The summed E-state index contributed by atoms with van der Waals surface area (Å²) in [6, 6.07) is 13.5. The smallest absolute Gasteiger partial charge is 0.262 e. The van der Waals surface area contributed by atoms with Crippen LogP contribution in [0.25, 0.3) is 0 Å². The number of benzene rings is 2. The third kappa shape index (κ3) is 3.89. The minimum Gasteiger partial charge on any atom is -0.506 e. The van der Waals surface area contributed by atoms with Crippen LogP contribution in [0.3, 0.4) is 0 Å². The molecule has 98 valence electrons. The minimum absolute atomic E-state index is 0.0801. The normalized spacial score (nSPS) is 9.95. The number of hydrogen-bond acceptors (Lipinski definition) is 3. The number of carbonyl (C=O) groups excluding carboxylic acids is 1. The number of nitrogens with one attached hydrogen (secondary N) is 1. The van der Waals surface area contributed by atoms with E-state index in [0.29, 0.717) is 11.4 Å². The number of aromatic hydroxyl groups is 1. The van der Waals surface area contributed by atoms with Gasteiger partial charge in [0.05, 0.1) is 5.02 Å². The maximum atomic E-state index is 11.6. The zero-order valence-electron chi connectivity index (χ0n) is 9.97. The molecule has 2 aromatic rings. The van der Waals surface area contributed by atoms with Crippen molar-refractivity contribution in [3.63, 3.8) is 0 Å². The molecule has 4 nitrogen and oxygen atoms in total. The molecule has 0 bridgehead atoms. The molecule has 5 heteroatoms. The first-order valence-corrected chi connectivity index (χ1v) is 5.99. The van der Waals surface area contributed by atoms with Crippen LogP contribution in [-0.2, 0) is 4.79 Å². The Morgan fingerprint density at radius 1 is 1.21 bits per heavy atom. The van der Waals surface area contributed by atoms with Crippen molar-refractivity contribution in [1.29, 1.82) is 0 Å². The average Bonchev–Trinajstić information content (AvgIpc) is 2.42. The van der Waals surface area contributed by atoms with Crippen LogP contribution >= 0.6 is 11.6 Å². The van der Waals surface area contributed by atoms with Gasteiger partial charge in [0, 0.05) is 11.8 Å². The van der Waals surface area contributed by atoms with E-state index in [2.05, 4.69) is 5.32 Å². The minimum atomic E-state index is -0.314. The zero-order chi connectivity index (χ0) is 13.7. The Labute approximate surface area is 115 Å². The molecule has 0 radical (unpaired) electrons. The third-order valence-electron chi connectivity index (χ3n) is 2.34. The van der Waals surface area contributed by atoms with Crippen molar-refractivity contribution in [2.75, 3.05) is 11.9 Å². The van der Waals surface area contributed by atoms with Crippen molar-refractivity contribution in [2.24, 2.45) is 0 Å². The monoisotopic (exact) mass is 277 g/mol. The first-order chi connectivity index (χ1) is 9.15. The molecule has 0 unspecified atom stereocenters. The quantitative estimate of drug-likeness (QED) is 0.903. The number of rotatable bonds is 4. The largest absolute Gasteiger partial charge is 0.506 e. The molecule has 2 rings (SSSR count). The molecule has 0 atom stereocenters. The van der Waals surface area contributed by atoms with E-state index >= 15 is 0 Å². The van der Waals surface area contributed by atoms with Crippen LogP contribution in [0.15, 0.2) is 48.5 Å². The SMILES string of the molecule is O=C(COc1ccccc1)Nc1ccc(Cl)c(O)c1. The Morgan fingerprint density at radius 2 is 1.95 bits per heavy atom. The summed E-state index contributed by atoms with van der Waals surface area (Å²) in [6.07, 6.45) is 0. The lowest BCUT2D eigenvalue weighted by Crippen LogP contribution is -2.20. The van der Waals surface area contributed by atoms with Gasteiger partial charge in [-0.05, 0) is 24.3 Å². The fourth-order valence-electron chi connectivity index (χ4n) is 1.45. The Balaban J connectivity index is 1.89. The van der Waals surface area contributed by atoms with E-state index in [1.165, 1.54) is 12.1 Å². The molecule has 0 fully saturated rings. The van der Waals surface area contributed by atoms with Gasteiger partial charge in [-0.15, -0.1) is 0 Å². The molecule has 2 N–H and O–H groups in total. The molecule has 0 aromatic heterocycles. The number of anilines is 1. The topological polar surface area (TPSA) is 58.6 Å². The Morgan fingerprint density at radius 3 is 2.63 bits per heavy atom. The third-order valence-corrected chi connectivity index (χ3v) is 2.66. The maximum absolute atomic E-state index is 11.6. The Kier molecular flexibility index (Phi) is 4.26. The highest BCUT2D eigenvalue weighted by atomic mass is 35.5. The average molecular weight is 278 g/mol. The molecule has 0 aliphatic carbocycles. The van der Waals surface area contributed by atoms with Crippen LogP contribution in [0.1, 0.15) is 0 Å². The van der Waals surface area contributed by atoms with Gasteiger partial charge in [-0.1, -0.05) is 29.8 Å². The summed E-state index contributed by atoms with van der Waals surface area (Å²) in [5.41, 5.74) is 0.462. The van der Waals surface area contributed by atoms with E-state index in [-0.39, 0.29) is 23.3 Å². The molecule has 0 spiro atoms. The number of amides is 1. The predicted octanol–water partition coefficient (Wildman–Crippen LogP) is 3.06. The van der Waals surface area contributed by atoms with E-state index in [1.807, 2.05) is 18.2 Å². The van der Waals surface area contributed by atoms with Crippen LogP contribution < -0.4 is 10.1 Å². The first kappa shape index (κ1) is 13.2. The standard InChI is InChI=1S/C14H12ClNO3/c15-12-7-6-10(8-13(12)17)16-14(18)9-19-11-4-2-1-3-5-11/h1-8,17H,9H2,(H,16,18). The fraction of sp³-hybridized carbons (Fsp3) is 0.0714. The summed E-state index contributed by atoms with van der Waals surface area (Å²) < 4.78 is 5.29. The van der Waals surface area contributed by atoms with E-state index in [9.17, 15) is 9.90 Å². The number of phenols is 1. The van der Waals surface area contributed by atoms with Gasteiger partial charge in [0.2, 0.25) is 0 Å². The molecule has 0 aliphatic heterocycles. The van der Waals surface area contributed by atoms with Gasteiger partial charge in [-0.25, -0.2) is 0 Å². The van der Waals surface area contributed by atoms with Crippen molar-refractivity contribution in [1.82, 2.24) is 0 Å². The molecule has 1 amide bonds. The van der Waals surface area contributed by atoms with Gasteiger partial charge in [0.15, 0.2) is 6.61 Å². The van der Waals surface area contributed by atoms with E-state index in [1.54, 1.807) is 18.2 Å². The molecule has 19 heavy (non-hydrogen) atoms. The van der Waals surface area contributed by atoms with Gasteiger partial charge >= 0.3 is 0 Å². The van der Waals surface area contributed by atoms with E-state index < -0.39 is 0 Å². The van der Waals surface area contributed by atoms with Gasteiger partial charge in [0.25, 0.3) is 5.91 Å². The summed E-state index contributed by atoms with van der Waals surface area (Å²) in [6.45, 7) is -0.104. The van der Waals surface area contributed by atoms with Gasteiger partial charge in [-0.3, -0.25) is 4.79 Å². The van der Waals surface area contributed by atoms with Crippen LogP contribution in [0.2, 0.25) is 5.02 Å². The lowest BCUT2D eigenvalue weighted by molar-refractivity contribution is -0.118. The summed E-state index contributed by atoms with van der Waals surface area (Å²) in [4.78, 5) is 11.6. The summed E-state index contributed by atoms with van der Waals surface area (Å²) in [5.74, 6) is 0.227. The molecule has 0 heterocycles. The van der Waals surface area contributed by atoms with Crippen molar-refractivity contribution in [2.45, 2.75) is 0 Å². The summed E-state index contributed by atoms with van der Waals surface area (Å²) >= 11 is 5.67. The fourth-order valence-corrected chi connectivity index (χ4v) is 1.57. The van der Waals surface area contributed by atoms with Crippen LogP contribution in [0.5, 0.6) is 11.5 Å². The summed E-state index contributed by atoms with van der Waals surface area (Å²) in [5, 5.41) is 12.2. The van der Waals surface area contributed by atoms with Crippen molar-refractivity contribution in [3.8, 4) is 11.5 Å². The number of halogens is 1. The predicted molar refractivity (Wildman–Crippen MR) is 73.7 cm³/mol. The highest BCUT2D eigenvalue weighted by Gasteiger charge is 2.05. The number of para-hydroxylation sites is 1. The second-order valence-corrected chi connectivity index (χ2v) is 4.22. The second-order valence-electron chi connectivity index (χ2n) is 3.82. The lowest BCUT2D eigenvalue weighted by atomic mass is 10.3. The maximum Gasteiger partial charge on any atom is 0.262 e. The molecule has 0 saturated carbocycles. The second kappa shape index (κ2) is 6.11. The highest BCUT2D eigenvalue weighted by molar-refractivity contribution is 6.32. The number of ether oxygens (including phenoxy) is 1. The number of carbonyl (C=O) groups is 1. The molecule has 2 aromatic carbocycles. The number of phenolic OH excluding ortho intramolecular Hbond substituents is 1. The van der Waals surface area contributed by atoms with Gasteiger partial charge < -0.3 is 15.2 Å². The van der Waals surface area contributed by atoms with Crippen LogP contribution in [-0.4, -0.2) is 17.6 Å². The lowest BCUT2D eigenvalue weighted by Gasteiger charge is -2.08. The van der Waals surface area contributed by atoms with Crippen molar-refractivity contribution < 1.29 is 14.6 Å². The Bertz CT molecular complexity index is 572. The van der Waals surface area contributed by atoms with Crippen molar-refractivity contribution in [3.05, 3.63) is 53.6 Å². The molecular formula is C14H12ClNO3. The Hall–Kier alpha value is -2.20. The van der Waals surface area contributed by atoms with E-state index in [4.69, 9.17) is 16.3 Å². The first-order valence-electron chi connectivity index (χ1n) is 5.61. The zero-order valence-corrected chi connectivity index (χ0v) is 10.7. The van der Waals surface area contributed by atoms with Gasteiger partial charge in [-0.2, -0.15) is 0 Å². The molecular weight excluding hydrogens is 266 g/mol. The molecule has 0 aliphatic rings. The summed E-state index contributed by atoms with van der Waals surface area (Å²) in [7, 11) is 0. The van der Waals surface area contributed by atoms with E-state index in [0.717, 1.165) is 0 Å². The number of hydrogen-bond donors (Lipinski definition) is 2. The van der Waals surface area contributed by atoms with Crippen molar-refractivity contribution >= 4 is 23.2 Å². The van der Waals surface area contributed by atoms with Crippen LogP contribution in [0, 0.1) is 0 Å². The molecule has 0 saturated heterocycles.